The highest BCUT2D eigenvalue weighted by molar-refractivity contribution is 5.81. The summed E-state index contributed by atoms with van der Waals surface area (Å²) in [4.78, 5) is 0. The number of hydrogen-bond donors (Lipinski definition) is 4. The van der Waals surface area contributed by atoms with E-state index in [9.17, 15) is 10.3 Å². The van der Waals surface area contributed by atoms with Gasteiger partial charge in [0, 0.05) is 36.2 Å². The van der Waals surface area contributed by atoms with Gasteiger partial charge in [0.15, 0.2) is 0 Å². The van der Waals surface area contributed by atoms with Crippen LogP contribution in [0.1, 0.15) is 34.1 Å². The number of ether oxygens (including phenoxy) is 1. The lowest BCUT2D eigenvalue weighted by molar-refractivity contribution is 0.0868. The fourth-order valence-corrected chi connectivity index (χ4v) is 3.01. The van der Waals surface area contributed by atoms with Gasteiger partial charge in [0.25, 0.3) is 0 Å². The van der Waals surface area contributed by atoms with Crippen molar-refractivity contribution in [1.82, 2.24) is 15.4 Å². The third kappa shape index (κ3) is 6.29. The molecule has 0 amide bonds. The molecule has 0 spiro atoms. The average molecular weight is 364 g/mol. The summed E-state index contributed by atoms with van der Waals surface area (Å²) in [7, 11) is 0. The van der Waals surface area contributed by atoms with Crippen LogP contribution in [0.2, 0.25) is 0 Å². The van der Waals surface area contributed by atoms with Crippen LogP contribution < -0.4 is 15.5 Å². The smallest absolute Gasteiger partial charge is 0.120 e. The second-order valence-electron chi connectivity index (χ2n) is 7.67. The summed E-state index contributed by atoms with van der Waals surface area (Å²) >= 11 is 0. The Balaban J connectivity index is 1.97. The van der Waals surface area contributed by atoms with Crippen molar-refractivity contribution < 1.29 is 15.1 Å². The van der Waals surface area contributed by atoms with Gasteiger partial charge in [0.1, 0.15) is 12.4 Å². The fourth-order valence-electron chi connectivity index (χ4n) is 3.01. The van der Waals surface area contributed by atoms with Crippen molar-refractivity contribution in [3.05, 3.63) is 30.5 Å². The average Bonchev–Trinajstić information content (AvgIpc) is 2.98. The molecule has 0 aliphatic rings. The lowest BCUT2D eigenvalue weighted by Gasteiger charge is -2.18. The van der Waals surface area contributed by atoms with Crippen LogP contribution in [0.15, 0.2) is 30.5 Å². The Labute approximate surface area is 156 Å². The van der Waals surface area contributed by atoms with Crippen LogP contribution in [0.5, 0.6) is 5.75 Å². The molecule has 2 atom stereocenters. The van der Waals surface area contributed by atoms with E-state index in [0.717, 1.165) is 23.1 Å². The molecule has 4 N–H and O–H groups in total. The number of benzene rings is 1. The Kier molecular flexibility index (Phi) is 7.90. The second kappa shape index (κ2) is 9.92. The first kappa shape index (κ1) is 20.7. The number of hydrogen-bond acceptors (Lipinski definition) is 5. The van der Waals surface area contributed by atoms with E-state index >= 15 is 0 Å². The van der Waals surface area contributed by atoms with Crippen LogP contribution >= 0.6 is 0 Å². The maximum atomic E-state index is 10.2. The number of rotatable bonds is 11. The minimum atomic E-state index is -0.434. The molecule has 26 heavy (non-hydrogen) atoms. The van der Waals surface area contributed by atoms with Gasteiger partial charge in [-0.15, -0.1) is 0 Å². The molecular formula is C20H33N3O3. The normalized spacial score (nSPS) is 14.3. The molecule has 0 fully saturated rings. The summed E-state index contributed by atoms with van der Waals surface area (Å²) in [5.41, 5.74) is 3.39. The van der Waals surface area contributed by atoms with Gasteiger partial charge in [-0.2, -0.15) is 5.48 Å². The molecule has 0 radical (unpaired) electrons. The van der Waals surface area contributed by atoms with Gasteiger partial charge in [-0.3, -0.25) is 0 Å². The van der Waals surface area contributed by atoms with E-state index in [2.05, 4.69) is 43.1 Å². The van der Waals surface area contributed by atoms with Gasteiger partial charge in [0.05, 0.1) is 12.1 Å². The van der Waals surface area contributed by atoms with E-state index < -0.39 is 6.10 Å². The maximum Gasteiger partial charge on any atom is 0.120 e. The van der Waals surface area contributed by atoms with Crippen molar-refractivity contribution in [2.45, 2.75) is 58.8 Å². The number of aliphatic hydroxyl groups excluding tert-OH is 1. The van der Waals surface area contributed by atoms with Crippen molar-refractivity contribution in [2.24, 2.45) is 5.92 Å². The molecular weight excluding hydrogens is 330 g/mol. The van der Waals surface area contributed by atoms with Crippen LogP contribution in [0, 0.1) is 5.92 Å². The molecule has 0 aliphatic carbocycles. The standard InChI is InChI=1S/C20H33N3O3/c1-14(2)9-17(22-25)13-26-19-5-6-20-16(10-19)7-8-23(20)12-18(24)11-21-15(3)4/h5-8,10,14-15,17-18,21-22,24-25H,9,11-13H2,1-4H3. The predicted octanol–water partition coefficient (Wildman–Crippen LogP) is 2.77. The lowest BCUT2D eigenvalue weighted by Crippen LogP contribution is -2.34. The monoisotopic (exact) mass is 363 g/mol. The maximum absolute atomic E-state index is 10.2. The molecule has 2 unspecified atom stereocenters. The first-order valence-corrected chi connectivity index (χ1v) is 9.41. The predicted molar refractivity (Wildman–Crippen MR) is 105 cm³/mol. The molecule has 0 aliphatic heterocycles. The molecule has 2 aromatic rings. The third-order valence-electron chi connectivity index (χ3n) is 4.30. The molecule has 0 saturated heterocycles. The van der Waals surface area contributed by atoms with Crippen molar-refractivity contribution in [3.8, 4) is 5.75 Å². The van der Waals surface area contributed by atoms with E-state index in [1.165, 1.54) is 0 Å². The molecule has 6 heteroatoms. The van der Waals surface area contributed by atoms with Crippen LogP contribution in [-0.2, 0) is 6.54 Å². The quantitative estimate of drug-likeness (QED) is 0.462. The number of aliphatic hydroxyl groups is 1. The summed E-state index contributed by atoms with van der Waals surface area (Å²) in [5.74, 6) is 1.26. The van der Waals surface area contributed by atoms with Gasteiger partial charge in [-0.05, 0) is 36.6 Å². The van der Waals surface area contributed by atoms with Crippen molar-refractivity contribution >= 4 is 10.9 Å². The zero-order valence-electron chi connectivity index (χ0n) is 16.3. The minimum absolute atomic E-state index is 0.0844. The lowest BCUT2D eigenvalue weighted by atomic mass is 10.1. The summed E-state index contributed by atoms with van der Waals surface area (Å²) in [6.07, 6.45) is 2.40. The molecule has 2 rings (SSSR count). The molecule has 6 nitrogen and oxygen atoms in total. The summed E-state index contributed by atoms with van der Waals surface area (Å²) in [6, 6.07) is 8.24. The minimum Gasteiger partial charge on any atom is -0.492 e. The van der Waals surface area contributed by atoms with E-state index in [1.807, 2.05) is 30.5 Å². The molecule has 1 heterocycles. The zero-order valence-corrected chi connectivity index (χ0v) is 16.3. The first-order valence-electron chi connectivity index (χ1n) is 9.41. The number of aromatic nitrogens is 1. The van der Waals surface area contributed by atoms with Gasteiger partial charge >= 0.3 is 0 Å². The van der Waals surface area contributed by atoms with Gasteiger partial charge < -0.3 is 24.9 Å². The Hall–Kier alpha value is -1.60. The molecule has 1 aromatic carbocycles. The van der Waals surface area contributed by atoms with Gasteiger partial charge in [-0.1, -0.05) is 27.7 Å². The molecule has 0 bridgehead atoms. The van der Waals surface area contributed by atoms with Crippen LogP contribution in [-0.4, -0.2) is 46.2 Å². The highest BCUT2D eigenvalue weighted by Crippen LogP contribution is 2.23. The number of nitrogens with zero attached hydrogens (tertiary/aromatic N) is 1. The molecule has 0 saturated carbocycles. The highest BCUT2D eigenvalue weighted by Gasteiger charge is 2.12. The van der Waals surface area contributed by atoms with Crippen LogP contribution in [0.25, 0.3) is 10.9 Å². The van der Waals surface area contributed by atoms with E-state index in [-0.39, 0.29) is 6.04 Å². The number of hydroxylamine groups is 1. The largest absolute Gasteiger partial charge is 0.492 e. The van der Waals surface area contributed by atoms with Crippen molar-refractivity contribution in [2.75, 3.05) is 13.2 Å². The summed E-state index contributed by atoms with van der Waals surface area (Å²) in [5, 5.41) is 23.7. The van der Waals surface area contributed by atoms with Crippen molar-refractivity contribution in [1.29, 1.82) is 0 Å². The first-order chi connectivity index (χ1) is 12.4. The Bertz CT molecular complexity index is 669. The Morgan fingerprint density at radius 2 is 1.92 bits per heavy atom. The zero-order chi connectivity index (χ0) is 19.1. The summed E-state index contributed by atoms with van der Waals surface area (Å²) in [6.45, 7) is 9.90. The topological polar surface area (TPSA) is 78.7 Å². The number of fused-ring (bicyclic) bond motifs is 1. The van der Waals surface area contributed by atoms with Gasteiger partial charge in [0.2, 0.25) is 0 Å². The summed E-state index contributed by atoms with van der Waals surface area (Å²) < 4.78 is 7.89. The highest BCUT2D eigenvalue weighted by atomic mass is 16.5. The van der Waals surface area contributed by atoms with Crippen LogP contribution in [0.3, 0.4) is 0 Å². The molecule has 1 aromatic heterocycles. The Morgan fingerprint density at radius 1 is 1.15 bits per heavy atom. The Morgan fingerprint density at radius 3 is 2.58 bits per heavy atom. The fraction of sp³-hybridized carbons (Fsp3) is 0.600. The third-order valence-corrected chi connectivity index (χ3v) is 4.30. The molecule has 146 valence electrons. The van der Waals surface area contributed by atoms with Gasteiger partial charge in [-0.25, -0.2) is 0 Å². The van der Waals surface area contributed by atoms with E-state index in [4.69, 9.17) is 4.74 Å². The van der Waals surface area contributed by atoms with Crippen molar-refractivity contribution in [3.63, 3.8) is 0 Å². The van der Waals surface area contributed by atoms with E-state index in [0.29, 0.717) is 31.7 Å². The second-order valence-corrected chi connectivity index (χ2v) is 7.67. The van der Waals surface area contributed by atoms with Crippen LogP contribution in [0.4, 0.5) is 0 Å². The number of nitrogens with one attached hydrogen (secondary N) is 2. The SMILES string of the molecule is CC(C)CC(COc1ccc2c(ccn2CC(O)CNC(C)C)c1)NO. The van der Waals surface area contributed by atoms with E-state index in [1.54, 1.807) is 0 Å².